The van der Waals surface area contributed by atoms with E-state index >= 15 is 0 Å². The third kappa shape index (κ3) is 5.47. The van der Waals surface area contributed by atoms with Crippen molar-refractivity contribution in [2.75, 3.05) is 39.9 Å². The van der Waals surface area contributed by atoms with Crippen LogP contribution in [0.4, 0.5) is 0 Å². The maximum absolute atomic E-state index is 9.48. The highest BCUT2D eigenvalue weighted by atomic mass is 16.5. The molecule has 1 aliphatic rings. The van der Waals surface area contributed by atoms with Crippen molar-refractivity contribution in [3.05, 3.63) is 29.8 Å². The first-order chi connectivity index (χ1) is 11.7. The molecule has 2 rings (SSSR count). The van der Waals surface area contributed by atoms with Gasteiger partial charge in [0.15, 0.2) is 0 Å². The number of aliphatic hydroxyl groups is 1. The Hall–Kier alpha value is -1.10. The molecule has 0 saturated carbocycles. The number of aliphatic hydroxyl groups excluding tert-OH is 1. The van der Waals surface area contributed by atoms with Crippen molar-refractivity contribution in [2.45, 2.75) is 45.7 Å². The van der Waals surface area contributed by atoms with Crippen LogP contribution >= 0.6 is 0 Å². The van der Waals surface area contributed by atoms with Crippen LogP contribution in [0.1, 0.15) is 38.7 Å². The molecule has 1 heterocycles. The van der Waals surface area contributed by atoms with Crippen molar-refractivity contribution < 1.29 is 9.84 Å². The fraction of sp³-hybridized carbons (Fsp3) is 0.700. The van der Waals surface area contributed by atoms with Gasteiger partial charge < -0.3 is 14.7 Å². The molecular weight excluding hydrogens is 300 g/mol. The predicted molar refractivity (Wildman–Crippen MR) is 99.4 cm³/mol. The van der Waals surface area contributed by atoms with Gasteiger partial charge in [0.1, 0.15) is 5.75 Å². The molecule has 4 nitrogen and oxygen atoms in total. The zero-order chi connectivity index (χ0) is 17.4. The number of ether oxygens (including phenoxy) is 1. The molecular formula is C20H34N2O2. The molecule has 1 fully saturated rings. The Morgan fingerprint density at radius 2 is 2.04 bits per heavy atom. The Morgan fingerprint density at radius 3 is 2.71 bits per heavy atom. The van der Waals surface area contributed by atoms with Crippen LogP contribution in [0.15, 0.2) is 24.3 Å². The van der Waals surface area contributed by atoms with E-state index in [1.54, 1.807) is 7.11 Å². The topological polar surface area (TPSA) is 35.9 Å². The largest absolute Gasteiger partial charge is 0.497 e. The zero-order valence-corrected chi connectivity index (χ0v) is 15.6. The number of nitrogens with zero attached hydrogens (tertiary/aromatic N) is 2. The van der Waals surface area contributed by atoms with Gasteiger partial charge in [0.25, 0.3) is 0 Å². The van der Waals surface area contributed by atoms with Crippen molar-refractivity contribution in [3.8, 4) is 5.75 Å². The van der Waals surface area contributed by atoms with Gasteiger partial charge in [-0.1, -0.05) is 38.8 Å². The highest BCUT2D eigenvalue weighted by Gasteiger charge is 2.27. The molecule has 136 valence electrons. The lowest BCUT2D eigenvalue weighted by atomic mass is 10.0. The fourth-order valence-corrected chi connectivity index (χ4v) is 3.67. The number of benzene rings is 1. The maximum atomic E-state index is 9.48. The van der Waals surface area contributed by atoms with Crippen LogP contribution < -0.4 is 4.74 Å². The third-order valence-corrected chi connectivity index (χ3v) is 5.34. The molecule has 0 bridgehead atoms. The summed E-state index contributed by atoms with van der Waals surface area (Å²) >= 11 is 0. The van der Waals surface area contributed by atoms with Crippen LogP contribution in [0.2, 0.25) is 0 Å². The lowest BCUT2D eigenvalue weighted by Crippen LogP contribution is -2.53. The number of hydrogen-bond donors (Lipinski definition) is 1. The highest BCUT2D eigenvalue weighted by molar-refractivity contribution is 5.28. The van der Waals surface area contributed by atoms with E-state index in [1.807, 2.05) is 6.07 Å². The first kappa shape index (κ1) is 19.2. The van der Waals surface area contributed by atoms with E-state index in [1.165, 1.54) is 24.9 Å². The molecule has 1 aromatic carbocycles. The molecule has 0 unspecified atom stereocenters. The second kappa shape index (κ2) is 10.0. The lowest BCUT2D eigenvalue weighted by molar-refractivity contribution is 0.0452. The molecule has 0 spiro atoms. The monoisotopic (exact) mass is 334 g/mol. The van der Waals surface area contributed by atoms with E-state index in [0.29, 0.717) is 6.04 Å². The van der Waals surface area contributed by atoms with Gasteiger partial charge in [-0.3, -0.25) is 4.90 Å². The molecule has 0 aliphatic carbocycles. The first-order valence-electron chi connectivity index (χ1n) is 9.40. The minimum atomic E-state index is 0.262. The van der Waals surface area contributed by atoms with E-state index in [2.05, 4.69) is 41.8 Å². The molecule has 0 amide bonds. The molecule has 1 aromatic rings. The molecule has 4 heteroatoms. The summed E-state index contributed by atoms with van der Waals surface area (Å²) in [5, 5.41) is 9.48. The van der Waals surface area contributed by atoms with Crippen molar-refractivity contribution in [2.24, 2.45) is 5.92 Å². The Balaban J connectivity index is 1.97. The van der Waals surface area contributed by atoms with Gasteiger partial charge in [-0.25, -0.2) is 0 Å². The smallest absolute Gasteiger partial charge is 0.119 e. The summed E-state index contributed by atoms with van der Waals surface area (Å²) in [6, 6.07) is 8.76. The van der Waals surface area contributed by atoms with Gasteiger partial charge in [-0.15, -0.1) is 0 Å². The Bertz CT molecular complexity index is 476. The van der Waals surface area contributed by atoms with E-state index in [9.17, 15) is 5.11 Å². The number of methoxy groups -OCH3 is 1. The summed E-state index contributed by atoms with van der Waals surface area (Å²) in [6.07, 6.45) is 3.36. The summed E-state index contributed by atoms with van der Waals surface area (Å²) in [4.78, 5) is 5.12. The second-order valence-electron chi connectivity index (χ2n) is 6.93. The SMILES string of the molecule is CCC(CC)CN1CCN(Cc2cccc(OC)c2)[C@H](CCO)C1. The molecule has 24 heavy (non-hydrogen) atoms. The average Bonchev–Trinajstić information content (AvgIpc) is 2.62. The van der Waals surface area contributed by atoms with Crippen LogP contribution in [0, 0.1) is 5.92 Å². The Morgan fingerprint density at radius 1 is 1.25 bits per heavy atom. The predicted octanol–water partition coefficient (Wildman–Crippen LogP) is 3.00. The molecule has 1 aliphatic heterocycles. The Kier molecular flexibility index (Phi) is 8.03. The second-order valence-corrected chi connectivity index (χ2v) is 6.93. The summed E-state index contributed by atoms with van der Waals surface area (Å²) in [5.41, 5.74) is 1.28. The standard InChI is InChI=1S/C20H34N2O2/c1-4-17(5-2)14-21-10-11-22(19(16-21)9-12-23)15-18-7-6-8-20(13-18)24-3/h6-8,13,17,19,23H,4-5,9-12,14-16H2,1-3H3/t19-/m1/s1. The van der Waals surface area contributed by atoms with Crippen molar-refractivity contribution in [1.29, 1.82) is 0 Å². The zero-order valence-electron chi connectivity index (χ0n) is 15.6. The fourth-order valence-electron chi connectivity index (χ4n) is 3.67. The quantitative estimate of drug-likeness (QED) is 0.753. The van der Waals surface area contributed by atoms with Crippen LogP contribution in [-0.2, 0) is 6.54 Å². The summed E-state index contributed by atoms with van der Waals surface area (Å²) in [6.45, 7) is 10.2. The molecule has 1 N–H and O–H groups in total. The lowest BCUT2D eigenvalue weighted by Gasteiger charge is -2.42. The van der Waals surface area contributed by atoms with E-state index in [0.717, 1.165) is 44.3 Å². The van der Waals surface area contributed by atoms with Crippen molar-refractivity contribution >= 4 is 0 Å². The van der Waals surface area contributed by atoms with Gasteiger partial charge >= 0.3 is 0 Å². The summed E-state index contributed by atoms with van der Waals surface area (Å²) in [5.74, 6) is 1.71. The number of rotatable bonds is 9. The van der Waals surface area contributed by atoms with Crippen LogP contribution in [0.5, 0.6) is 5.75 Å². The van der Waals surface area contributed by atoms with E-state index in [-0.39, 0.29) is 6.61 Å². The Labute approximate surface area is 147 Å². The van der Waals surface area contributed by atoms with Crippen molar-refractivity contribution in [3.63, 3.8) is 0 Å². The number of piperazine rings is 1. The van der Waals surface area contributed by atoms with Crippen LogP contribution in [0.3, 0.4) is 0 Å². The van der Waals surface area contributed by atoms with E-state index < -0.39 is 0 Å². The maximum Gasteiger partial charge on any atom is 0.119 e. The van der Waals surface area contributed by atoms with E-state index in [4.69, 9.17) is 4.74 Å². The molecule has 0 aromatic heterocycles. The van der Waals surface area contributed by atoms with Crippen LogP contribution in [0.25, 0.3) is 0 Å². The molecule has 1 saturated heterocycles. The normalized spacial score (nSPS) is 19.8. The summed E-state index contributed by atoms with van der Waals surface area (Å²) in [7, 11) is 1.71. The number of hydrogen-bond acceptors (Lipinski definition) is 4. The first-order valence-corrected chi connectivity index (χ1v) is 9.40. The van der Waals surface area contributed by atoms with Crippen LogP contribution in [-0.4, -0.2) is 60.8 Å². The molecule has 0 radical (unpaired) electrons. The van der Waals surface area contributed by atoms with Gasteiger partial charge in [0.2, 0.25) is 0 Å². The minimum Gasteiger partial charge on any atom is -0.497 e. The minimum absolute atomic E-state index is 0.262. The van der Waals surface area contributed by atoms with Gasteiger partial charge in [-0.05, 0) is 30.0 Å². The van der Waals surface area contributed by atoms with Gasteiger partial charge in [-0.2, -0.15) is 0 Å². The highest BCUT2D eigenvalue weighted by Crippen LogP contribution is 2.21. The van der Waals surface area contributed by atoms with Gasteiger partial charge in [0.05, 0.1) is 7.11 Å². The third-order valence-electron chi connectivity index (χ3n) is 5.34. The van der Waals surface area contributed by atoms with Crippen molar-refractivity contribution in [1.82, 2.24) is 9.80 Å². The molecule has 1 atom stereocenters. The summed E-state index contributed by atoms with van der Waals surface area (Å²) < 4.78 is 5.34. The average molecular weight is 335 g/mol. The van der Waals surface area contributed by atoms with Gasteiger partial charge in [0, 0.05) is 45.4 Å².